The number of thioether (sulfide) groups is 2. The van der Waals surface area contributed by atoms with E-state index in [1.807, 2.05) is 14.0 Å². The van der Waals surface area contributed by atoms with Crippen LogP contribution < -0.4 is 4.90 Å². The second-order valence-electron chi connectivity index (χ2n) is 12.9. The fourth-order valence-electron chi connectivity index (χ4n) is 5.64. The number of nitrogens with zero attached hydrogens (tertiary/aromatic N) is 3. The second-order valence-corrected chi connectivity index (χ2v) is 16.1. The molecule has 1 aliphatic carbocycles. The van der Waals surface area contributed by atoms with Crippen molar-refractivity contribution in [1.29, 1.82) is 0 Å². The number of allylic oxidation sites excluding steroid dienone is 3. The lowest BCUT2D eigenvalue weighted by Crippen LogP contribution is -2.31. The third-order valence-electron chi connectivity index (χ3n) is 7.96. The predicted molar refractivity (Wildman–Crippen MR) is 191 cm³/mol. The summed E-state index contributed by atoms with van der Waals surface area (Å²) in [6.07, 6.45) is 17.6. The first-order chi connectivity index (χ1) is 21.1. The van der Waals surface area contributed by atoms with E-state index >= 15 is 0 Å². The van der Waals surface area contributed by atoms with Crippen molar-refractivity contribution < 1.29 is 4.79 Å². The topological polar surface area (TPSA) is 61.4 Å². The summed E-state index contributed by atoms with van der Waals surface area (Å²) in [5.41, 5.74) is 7.80. The standard InChI is InChI=1S/C37H50N4OS2/c1-7-32(44-37(3,4)5)18-12-11-17-31(42)25-28-20-22-33(23-21-28)43-26-30-16-13-15-29-14-9-8-10-19-34(29)36(38-30)41(6)35-24-27(2)39-40-35/h8,10,13,19-24,29,32H,7,9,11-12,14-15,17-18,25-26H2,1-6H3,(H,39,40). The molecule has 2 heterocycles. The molecule has 2 aliphatic rings. The van der Waals surface area contributed by atoms with Crippen LogP contribution in [-0.4, -0.2) is 44.6 Å². The lowest BCUT2D eigenvalue weighted by atomic mass is 9.90. The van der Waals surface area contributed by atoms with Crippen molar-refractivity contribution >= 4 is 41.0 Å². The normalized spacial score (nSPS) is 17.5. The zero-order chi connectivity index (χ0) is 31.5. The Morgan fingerprint density at radius 3 is 2.70 bits per heavy atom. The number of ketones is 1. The van der Waals surface area contributed by atoms with Crippen LogP contribution in [0.3, 0.4) is 0 Å². The zero-order valence-electron chi connectivity index (χ0n) is 27.5. The molecule has 7 heteroatoms. The fourth-order valence-corrected chi connectivity index (χ4v) is 7.87. The number of unbranched alkanes of at least 4 members (excludes halogenated alkanes) is 1. The summed E-state index contributed by atoms with van der Waals surface area (Å²) in [6.45, 7) is 11.2. The highest BCUT2D eigenvalue weighted by molar-refractivity contribution is 8.01. The summed E-state index contributed by atoms with van der Waals surface area (Å²) in [7, 11) is 2.05. The van der Waals surface area contributed by atoms with Crippen molar-refractivity contribution in [1.82, 2.24) is 10.2 Å². The number of carbonyl (C=O) groups excluding carboxylic acids is 1. The van der Waals surface area contributed by atoms with Crippen molar-refractivity contribution in [3.63, 3.8) is 0 Å². The molecule has 1 aliphatic heterocycles. The number of nitrogens with one attached hydrogen (secondary N) is 1. The largest absolute Gasteiger partial charge is 0.312 e. The lowest BCUT2D eigenvalue weighted by Gasteiger charge is -2.26. The van der Waals surface area contributed by atoms with Crippen molar-refractivity contribution in [2.75, 3.05) is 17.7 Å². The highest BCUT2D eigenvalue weighted by Gasteiger charge is 2.25. The number of hydrogen-bond donors (Lipinski definition) is 1. The Morgan fingerprint density at radius 2 is 2.00 bits per heavy atom. The van der Waals surface area contributed by atoms with Gasteiger partial charge in [-0.2, -0.15) is 16.9 Å². The summed E-state index contributed by atoms with van der Waals surface area (Å²) >= 11 is 3.83. The van der Waals surface area contributed by atoms with Gasteiger partial charge in [0.2, 0.25) is 0 Å². The minimum atomic E-state index is 0.296. The number of aryl methyl sites for hydroxylation is 1. The first kappa shape index (κ1) is 34.1. The number of aromatic nitrogens is 2. The predicted octanol–water partition coefficient (Wildman–Crippen LogP) is 9.66. The number of Topliss-reactive ketones (excluding diaryl/α,β-unsaturated/α-hetero) is 1. The molecule has 0 spiro atoms. The van der Waals surface area contributed by atoms with Crippen LogP contribution in [0.5, 0.6) is 0 Å². The molecular weight excluding hydrogens is 581 g/mol. The smallest absolute Gasteiger partial charge is 0.155 e. The molecule has 1 aromatic carbocycles. The molecule has 2 unspecified atom stereocenters. The van der Waals surface area contributed by atoms with Gasteiger partial charge in [0.25, 0.3) is 0 Å². The molecule has 0 saturated carbocycles. The quantitative estimate of drug-likeness (QED) is 0.136. The van der Waals surface area contributed by atoms with Gasteiger partial charge in [0.1, 0.15) is 11.6 Å². The molecule has 5 nitrogen and oxygen atoms in total. The van der Waals surface area contributed by atoms with E-state index in [4.69, 9.17) is 4.99 Å². The summed E-state index contributed by atoms with van der Waals surface area (Å²) in [4.78, 5) is 21.1. The summed E-state index contributed by atoms with van der Waals surface area (Å²) < 4.78 is 0.296. The molecule has 1 N–H and O–H groups in total. The number of aromatic amines is 1. The summed E-state index contributed by atoms with van der Waals surface area (Å²) in [5, 5.41) is 8.25. The first-order valence-electron chi connectivity index (χ1n) is 16.2. The van der Waals surface area contributed by atoms with Crippen LogP contribution in [0.2, 0.25) is 0 Å². The number of H-pyrrole nitrogens is 1. The minimum absolute atomic E-state index is 0.296. The number of anilines is 1. The second kappa shape index (κ2) is 16.5. The fraction of sp³-hybridized carbons (Fsp3) is 0.514. The number of likely N-dealkylation sites (N-methyl/N-ethyl adjacent to an activating group) is 1. The van der Waals surface area contributed by atoms with E-state index in [0.29, 0.717) is 40.3 Å². The molecule has 0 saturated heterocycles. The van der Waals surface area contributed by atoms with Crippen molar-refractivity contribution in [2.45, 2.75) is 107 Å². The Labute approximate surface area is 273 Å². The molecule has 1 aromatic heterocycles. The van der Waals surface area contributed by atoms with E-state index in [9.17, 15) is 4.79 Å². The van der Waals surface area contributed by atoms with Crippen molar-refractivity contribution in [3.8, 4) is 0 Å². The zero-order valence-corrected chi connectivity index (χ0v) is 29.1. The number of hydrogen-bond acceptors (Lipinski definition) is 6. The summed E-state index contributed by atoms with van der Waals surface area (Å²) in [5.74, 6) is 3.26. The number of fused-ring (bicyclic) bond motifs is 1. The molecule has 0 radical (unpaired) electrons. The van der Waals surface area contributed by atoms with E-state index in [0.717, 1.165) is 60.7 Å². The van der Waals surface area contributed by atoms with Crippen LogP contribution in [-0.2, 0) is 11.2 Å². The number of aliphatic imine (C=N–C) groups is 1. The molecule has 2 aromatic rings. The van der Waals surface area contributed by atoms with Crippen LogP contribution in [0, 0.1) is 12.8 Å². The van der Waals surface area contributed by atoms with Gasteiger partial charge in [-0.25, -0.2) is 4.99 Å². The molecule has 4 rings (SSSR count). The maximum Gasteiger partial charge on any atom is 0.155 e. The van der Waals surface area contributed by atoms with E-state index in [-0.39, 0.29) is 0 Å². The van der Waals surface area contributed by atoms with Gasteiger partial charge in [0.15, 0.2) is 5.82 Å². The highest BCUT2D eigenvalue weighted by atomic mass is 32.2. The number of carbonyl (C=O) groups is 1. The van der Waals surface area contributed by atoms with Gasteiger partial charge in [0, 0.05) is 52.3 Å². The summed E-state index contributed by atoms with van der Waals surface area (Å²) in [6, 6.07) is 10.5. The van der Waals surface area contributed by atoms with Gasteiger partial charge in [-0.3, -0.25) is 9.89 Å². The number of rotatable bonds is 13. The minimum Gasteiger partial charge on any atom is -0.312 e. The Balaban J connectivity index is 1.34. The number of benzene rings is 1. The van der Waals surface area contributed by atoms with Crippen molar-refractivity contribution in [3.05, 3.63) is 82.9 Å². The van der Waals surface area contributed by atoms with Gasteiger partial charge >= 0.3 is 0 Å². The van der Waals surface area contributed by atoms with Gasteiger partial charge in [0.05, 0.1) is 5.70 Å². The molecule has 2 atom stereocenters. The van der Waals surface area contributed by atoms with Crippen molar-refractivity contribution in [2.24, 2.45) is 10.9 Å². The van der Waals surface area contributed by atoms with E-state index in [1.165, 1.54) is 23.3 Å². The molecule has 236 valence electrons. The molecule has 0 amide bonds. The van der Waals surface area contributed by atoms with Crippen LogP contribution >= 0.6 is 23.5 Å². The molecule has 44 heavy (non-hydrogen) atoms. The Morgan fingerprint density at radius 1 is 1.20 bits per heavy atom. The van der Waals surface area contributed by atoms with Crippen LogP contribution in [0.1, 0.15) is 90.3 Å². The maximum absolute atomic E-state index is 12.7. The van der Waals surface area contributed by atoms with E-state index < -0.39 is 0 Å². The maximum atomic E-state index is 12.7. The molecule has 0 fully saturated rings. The van der Waals surface area contributed by atoms with Gasteiger partial charge in [-0.1, -0.05) is 64.5 Å². The molecular formula is C37H50N4OS2. The Bertz CT molecular complexity index is 1400. The third kappa shape index (κ3) is 10.7. The first-order valence-corrected chi connectivity index (χ1v) is 18.0. The highest BCUT2D eigenvalue weighted by Crippen LogP contribution is 2.33. The average molecular weight is 631 g/mol. The van der Waals surface area contributed by atoms with Crippen LogP contribution in [0.15, 0.2) is 81.5 Å². The number of amidine groups is 1. The van der Waals surface area contributed by atoms with Gasteiger partial charge < -0.3 is 4.90 Å². The van der Waals surface area contributed by atoms with Gasteiger partial charge in [-0.05, 0) is 80.7 Å². The third-order valence-corrected chi connectivity index (χ3v) is 10.6. The van der Waals surface area contributed by atoms with Gasteiger partial charge in [-0.15, -0.1) is 17.5 Å². The molecule has 0 bridgehead atoms. The SMILES string of the molecule is CCC(CCCCC(=O)Cc1ccc(SCC2=C=CCC3CCC=CC=C3C(N(C)c3cc(C)[nH]n3)=N2)cc1)SC(C)(C)C. The average Bonchev–Trinajstić information content (AvgIpc) is 3.29. The van der Waals surface area contributed by atoms with Crippen LogP contribution in [0.4, 0.5) is 5.82 Å². The Kier molecular flexibility index (Phi) is 12.8. The van der Waals surface area contributed by atoms with E-state index in [1.54, 1.807) is 11.8 Å². The Hall–Kier alpha value is -2.73. The van der Waals surface area contributed by atoms with Crippen LogP contribution in [0.25, 0.3) is 0 Å². The van der Waals surface area contributed by atoms with E-state index in [2.05, 4.69) is 115 Å². The monoisotopic (exact) mass is 630 g/mol. The lowest BCUT2D eigenvalue weighted by molar-refractivity contribution is -0.118.